The van der Waals surface area contributed by atoms with Crippen LogP contribution in [0.1, 0.15) is 28.8 Å². The Morgan fingerprint density at radius 2 is 1.83 bits per heavy atom. The van der Waals surface area contributed by atoms with Crippen LogP contribution >= 0.6 is 0 Å². The predicted molar refractivity (Wildman–Crippen MR) is 76.0 cm³/mol. The van der Waals surface area contributed by atoms with Crippen LogP contribution in [0.2, 0.25) is 0 Å². The summed E-state index contributed by atoms with van der Waals surface area (Å²) in [6, 6.07) is 3.82. The van der Waals surface area contributed by atoms with Gasteiger partial charge >= 0.3 is 12.1 Å². The number of carboxylic acid groups (broad SMARTS) is 1. The number of benzene rings is 1. The number of hydrogen-bond donors (Lipinski definition) is 3. The van der Waals surface area contributed by atoms with Crippen LogP contribution in [0.25, 0.3) is 0 Å². The van der Waals surface area contributed by atoms with Gasteiger partial charge in [0, 0.05) is 6.54 Å². The molecule has 3 N–H and O–H groups in total. The summed E-state index contributed by atoms with van der Waals surface area (Å²) < 4.78 is 37.6. The van der Waals surface area contributed by atoms with E-state index in [0.717, 1.165) is 0 Å². The fraction of sp³-hybridized carbons (Fsp3) is 0.400. The zero-order valence-electron chi connectivity index (χ0n) is 12.4. The molecule has 1 heterocycles. The number of halogens is 3. The average Bonchev–Trinajstić information content (AvgIpc) is 2.52. The average molecular weight is 344 g/mol. The summed E-state index contributed by atoms with van der Waals surface area (Å²) in [4.78, 5) is 34.4. The molecule has 2 unspecified atom stereocenters. The molecule has 0 radical (unpaired) electrons. The van der Waals surface area contributed by atoms with Gasteiger partial charge in [0.2, 0.25) is 11.8 Å². The Bertz CT molecular complexity index is 643. The molecule has 1 aliphatic rings. The van der Waals surface area contributed by atoms with Crippen LogP contribution in [0.3, 0.4) is 0 Å². The Labute approximate surface area is 135 Å². The first-order valence-corrected chi connectivity index (χ1v) is 7.15. The first-order valence-electron chi connectivity index (χ1n) is 7.15. The Balaban J connectivity index is 1.89. The fourth-order valence-electron chi connectivity index (χ4n) is 2.38. The number of nitrogens with one attached hydrogen (secondary N) is 2. The highest BCUT2D eigenvalue weighted by molar-refractivity contribution is 6.00. The molecule has 0 aromatic heterocycles. The third kappa shape index (κ3) is 4.24. The van der Waals surface area contributed by atoms with Crippen LogP contribution in [0.15, 0.2) is 24.3 Å². The maximum atomic E-state index is 12.5. The predicted octanol–water partition coefficient (Wildman–Crippen LogP) is 1.46. The van der Waals surface area contributed by atoms with Crippen molar-refractivity contribution in [3.05, 3.63) is 35.4 Å². The topological polar surface area (TPSA) is 95.5 Å². The van der Waals surface area contributed by atoms with Gasteiger partial charge in [0.05, 0.1) is 5.56 Å². The van der Waals surface area contributed by atoms with E-state index in [1.807, 2.05) is 5.32 Å². The van der Waals surface area contributed by atoms with Crippen molar-refractivity contribution in [3.63, 3.8) is 0 Å². The summed E-state index contributed by atoms with van der Waals surface area (Å²) in [7, 11) is 0. The van der Waals surface area contributed by atoms with Crippen LogP contribution < -0.4 is 10.6 Å². The van der Waals surface area contributed by atoms with E-state index in [1.165, 1.54) is 24.3 Å². The summed E-state index contributed by atoms with van der Waals surface area (Å²) in [5.41, 5.74) is 0.702. The van der Waals surface area contributed by atoms with Gasteiger partial charge in [-0.3, -0.25) is 9.59 Å². The molecule has 24 heavy (non-hydrogen) atoms. The van der Waals surface area contributed by atoms with Crippen molar-refractivity contribution < 1.29 is 32.7 Å². The molecule has 2 rings (SSSR count). The lowest BCUT2D eigenvalue weighted by molar-refractivity contribution is -0.171. The van der Waals surface area contributed by atoms with E-state index in [0.29, 0.717) is 5.56 Å². The zero-order chi connectivity index (χ0) is 17.9. The number of hydrogen-bond acceptors (Lipinski definition) is 3. The van der Waals surface area contributed by atoms with Gasteiger partial charge in [-0.1, -0.05) is 12.1 Å². The fourth-order valence-corrected chi connectivity index (χ4v) is 2.38. The van der Waals surface area contributed by atoms with E-state index in [4.69, 9.17) is 5.11 Å². The molecule has 6 nitrogen and oxygen atoms in total. The third-order valence-electron chi connectivity index (χ3n) is 3.76. The molecule has 1 aromatic carbocycles. The summed E-state index contributed by atoms with van der Waals surface area (Å²) in [5, 5.41) is 13.1. The van der Waals surface area contributed by atoms with E-state index in [1.54, 1.807) is 0 Å². The highest BCUT2D eigenvalue weighted by Crippen LogP contribution is 2.28. The summed E-state index contributed by atoms with van der Waals surface area (Å²) in [6.45, 7) is 0.0468. The second-order valence-electron chi connectivity index (χ2n) is 5.45. The lowest BCUT2D eigenvalue weighted by Crippen LogP contribution is -2.54. The first-order chi connectivity index (χ1) is 11.2. The van der Waals surface area contributed by atoms with Crippen LogP contribution in [0, 0.1) is 5.92 Å². The summed E-state index contributed by atoms with van der Waals surface area (Å²) in [6.07, 6.45) is -5.05. The summed E-state index contributed by atoms with van der Waals surface area (Å²) in [5.74, 6) is -3.84. The Kier molecular flexibility index (Phi) is 5.10. The van der Waals surface area contributed by atoms with Crippen molar-refractivity contribution in [3.8, 4) is 0 Å². The second-order valence-corrected chi connectivity index (χ2v) is 5.45. The standard InChI is InChI=1S/C15H15F3N2O4/c16-15(17,18)11-6-5-10(13(22)20-11)12(21)19-7-8-1-3-9(4-2-8)14(23)24/h1-4,10-11H,5-7H2,(H,19,21)(H,20,22)(H,23,24). The van der Waals surface area contributed by atoms with Crippen molar-refractivity contribution in [2.45, 2.75) is 31.6 Å². The lowest BCUT2D eigenvalue weighted by atomic mass is 9.92. The van der Waals surface area contributed by atoms with Crippen LogP contribution in [-0.4, -0.2) is 35.1 Å². The number of alkyl halides is 3. The molecule has 2 amide bonds. The number of carbonyl (C=O) groups is 3. The van der Waals surface area contributed by atoms with Crippen molar-refractivity contribution in [1.29, 1.82) is 0 Å². The molecule has 0 saturated carbocycles. The number of aromatic carboxylic acids is 1. The normalized spacial score (nSPS) is 21.0. The van der Waals surface area contributed by atoms with Crippen molar-refractivity contribution >= 4 is 17.8 Å². The van der Waals surface area contributed by atoms with Crippen LogP contribution in [0.4, 0.5) is 13.2 Å². The minimum Gasteiger partial charge on any atom is -0.478 e. The Morgan fingerprint density at radius 1 is 1.21 bits per heavy atom. The van der Waals surface area contributed by atoms with Crippen LogP contribution in [-0.2, 0) is 16.1 Å². The summed E-state index contributed by atoms with van der Waals surface area (Å²) >= 11 is 0. The Morgan fingerprint density at radius 3 is 2.33 bits per heavy atom. The molecule has 1 aromatic rings. The third-order valence-corrected chi connectivity index (χ3v) is 3.76. The van der Waals surface area contributed by atoms with Crippen molar-refractivity contribution in [1.82, 2.24) is 10.6 Å². The van der Waals surface area contributed by atoms with Gasteiger partial charge < -0.3 is 15.7 Å². The highest BCUT2D eigenvalue weighted by atomic mass is 19.4. The van der Waals surface area contributed by atoms with E-state index in [-0.39, 0.29) is 24.9 Å². The number of amides is 2. The molecular weight excluding hydrogens is 329 g/mol. The minimum absolute atomic E-state index is 0.0468. The SMILES string of the molecule is O=C(O)c1ccc(CNC(=O)C2CCC(C(F)(F)F)NC2=O)cc1. The lowest BCUT2D eigenvalue weighted by Gasteiger charge is -2.29. The van der Waals surface area contributed by atoms with Crippen LogP contribution in [0.5, 0.6) is 0 Å². The number of carbonyl (C=O) groups excluding carboxylic acids is 2. The van der Waals surface area contributed by atoms with Gasteiger partial charge in [0.1, 0.15) is 12.0 Å². The van der Waals surface area contributed by atoms with Crippen molar-refractivity contribution in [2.24, 2.45) is 5.92 Å². The number of piperidine rings is 1. The smallest absolute Gasteiger partial charge is 0.408 e. The zero-order valence-corrected chi connectivity index (χ0v) is 12.4. The first kappa shape index (κ1) is 17.8. The van der Waals surface area contributed by atoms with Gasteiger partial charge in [-0.25, -0.2) is 4.79 Å². The molecule has 1 fully saturated rings. The van der Waals surface area contributed by atoms with E-state index in [9.17, 15) is 27.6 Å². The van der Waals surface area contributed by atoms with E-state index < -0.39 is 35.9 Å². The second kappa shape index (κ2) is 6.90. The van der Waals surface area contributed by atoms with E-state index >= 15 is 0 Å². The maximum absolute atomic E-state index is 12.5. The maximum Gasteiger partial charge on any atom is 0.408 e. The number of rotatable bonds is 4. The minimum atomic E-state index is -4.52. The molecule has 130 valence electrons. The highest BCUT2D eigenvalue weighted by Gasteiger charge is 2.45. The monoisotopic (exact) mass is 344 g/mol. The largest absolute Gasteiger partial charge is 0.478 e. The van der Waals surface area contributed by atoms with Crippen molar-refractivity contribution in [2.75, 3.05) is 0 Å². The van der Waals surface area contributed by atoms with Gasteiger partial charge in [0.15, 0.2) is 0 Å². The molecule has 9 heteroatoms. The van der Waals surface area contributed by atoms with E-state index in [2.05, 4.69) is 5.32 Å². The molecule has 2 atom stereocenters. The molecule has 0 spiro atoms. The molecule has 1 aliphatic heterocycles. The number of carboxylic acids is 1. The molecular formula is C15H15F3N2O4. The van der Waals surface area contributed by atoms with Gasteiger partial charge in [-0.05, 0) is 30.5 Å². The quantitative estimate of drug-likeness (QED) is 0.721. The molecule has 0 aliphatic carbocycles. The molecule has 1 saturated heterocycles. The molecule has 0 bridgehead atoms. The van der Waals surface area contributed by atoms with Gasteiger partial charge in [-0.2, -0.15) is 13.2 Å². The Hall–Kier alpha value is -2.58. The van der Waals surface area contributed by atoms with Gasteiger partial charge in [0.25, 0.3) is 0 Å². The van der Waals surface area contributed by atoms with Gasteiger partial charge in [-0.15, -0.1) is 0 Å².